The Hall–Kier alpha value is -4.02. The molecule has 4 aromatic rings. The van der Waals surface area contributed by atoms with E-state index in [1.165, 1.54) is 60.7 Å². The molecule has 1 N–H and O–H groups in total. The quantitative estimate of drug-likeness (QED) is 0.200. The van der Waals surface area contributed by atoms with E-state index >= 15 is 0 Å². The Morgan fingerprint density at radius 3 is 1.12 bits per heavy atom. The fraction of sp³-hybridized carbons (Fsp3) is 0.200. The third-order valence-electron chi connectivity index (χ3n) is 5.94. The predicted molar refractivity (Wildman–Crippen MR) is 150 cm³/mol. The molecule has 0 radical (unpaired) electrons. The number of phenolic OH excluding ortho intramolecular Hbond substituents is 1. The van der Waals surface area contributed by atoms with Gasteiger partial charge in [-0.05, 0) is 103 Å². The summed E-state index contributed by atoms with van der Waals surface area (Å²) >= 11 is 0. The molecule has 4 rings (SSSR count). The lowest BCUT2D eigenvalue weighted by Gasteiger charge is -2.11. The molecule has 0 bridgehead atoms. The van der Waals surface area contributed by atoms with Crippen LogP contribution in [-0.4, -0.2) is 41.8 Å². The van der Waals surface area contributed by atoms with Gasteiger partial charge in [0.15, 0.2) is 0 Å². The molecule has 0 fully saturated rings. The van der Waals surface area contributed by atoms with Gasteiger partial charge < -0.3 is 19.3 Å². The highest BCUT2D eigenvalue weighted by Gasteiger charge is 2.19. The molecule has 0 atom stereocenters. The number of ether oxygens (including phenoxy) is 3. The van der Waals surface area contributed by atoms with Crippen molar-refractivity contribution in [3.8, 4) is 23.0 Å². The van der Waals surface area contributed by atoms with Gasteiger partial charge in [0.2, 0.25) is 19.7 Å². The molecule has 0 amide bonds. The Kier molecular flexibility index (Phi) is 9.34. The van der Waals surface area contributed by atoms with E-state index in [1.54, 1.807) is 36.4 Å². The van der Waals surface area contributed by atoms with Crippen molar-refractivity contribution in [1.29, 1.82) is 0 Å². The van der Waals surface area contributed by atoms with Gasteiger partial charge in [0.1, 0.15) is 36.2 Å². The molecule has 0 aliphatic heterocycles. The standard InChI is InChI=1S/C30H30O8S2/c1-2-3-20-36-24-6-14-29(15-7-24)40(34,35)30-18-10-26(11-19-30)38-22-21-37-25-8-16-28(17-9-25)39(32,33)27-12-4-23(31)5-13-27/h4-19,31H,2-3,20-22H2,1H3. The molecular formula is C30H30O8S2. The van der Waals surface area contributed by atoms with Crippen molar-refractivity contribution in [2.45, 2.75) is 39.3 Å². The second-order valence-electron chi connectivity index (χ2n) is 8.81. The third-order valence-corrected chi connectivity index (χ3v) is 9.51. The number of phenols is 1. The summed E-state index contributed by atoms with van der Waals surface area (Å²) in [4.78, 5) is 0.516. The van der Waals surface area contributed by atoms with Crippen molar-refractivity contribution in [1.82, 2.24) is 0 Å². The molecule has 0 aliphatic rings. The SMILES string of the molecule is CCCCOc1ccc(S(=O)(=O)c2ccc(OCCOc3ccc(S(=O)(=O)c4ccc(O)cc4)cc3)cc2)cc1. The zero-order chi connectivity index (χ0) is 28.6. The molecule has 8 nitrogen and oxygen atoms in total. The average molecular weight is 583 g/mol. The molecule has 0 saturated heterocycles. The molecule has 0 heterocycles. The van der Waals surface area contributed by atoms with Crippen molar-refractivity contribution in [2.24, 2.45) is 0 Å². The second-order valence-corrected chi connectivity index (χ2v) is 12.7. The number of aromatic hydroxyl groups is 1. The Bertz CT molecular complexity index is 1600. The first-order valence-electron chi connectivity index (χ1n) is 12.7. The van der Waals surface area contributed by atoms with E-state index in [0.29, 0.717) is 23.9 Å². The van der Waals surface area contributed by atoms with Crippen LogP contribution in [0.25, 0.3) is 0 Å². The van der Waals surface area contributed by atoms with Gasteiger partial charge in [-0.25, -0.2) is 16.8 Å². The number of unbranched alkanes of at least 4 members (excludes halogenated alkanes) is 1. The lowest BCUT2D eigenvalue weighted by atomic mass is 10.3. The number of hydrogen-bond donors (Lipinski definition) is 1. The van der Waals surface area contributed by atoms with Crippen LogP contribution in [0.4, 0.5) is 0 Å². The van der Waals surface area contributed by atoms with Crippen molar-refractivity contribution in [2.75, 3.05) is 19.8 Å². The zero-order valence-electron chi connectivity index (χ0n) is 21.9. The van der Waals surface area contributed by atoms with E-state index in [1.807, 2.05) is 0 Å². The fourth-order valence-electron chi connectivity index (χ4n) is 3.70. The van der Waals surface area contributed by atoms with Crippen LogP contribution >= 0.6 is 0 Å². The van der Waals surface area contributed by atoms with Gasteiger partial charge in [-0.1, -0.05) is 13.3 Å². The molecule has 40 heavy (non-hydrogen) atoms. The molecule has 0 aliphatic carbocycles. The van der Waals surface area contributed by atoms with Crippen LogP contribution in [0.5, 0.6) is 23.0 Å². The fourth-order valence-corrected chi connectivity index (χ4v) is 6.22. The van der Waals surface area contributed by atoms with E-state index in [4.69, 9.17) is 14.2 Å². The summed E-state index contributed by atoms with van der Waals surface area (Å²) < 4.78 is 68.2. The smallest absolute Gasteiger partial charge is 0.206 e. The van der Waals surface area contributed by atoms with E-state index < -0.39 is 19.7 Å². The minimum atomic E-state index is -3.71. The Balaban J connectivity index is 1.27. The van der Waals surface area contributed by atoms with Crippen LogP contribution in [0, 0.1) is 0 Å². The van der Waals surface area contributed by atoms with Crippen LogP contribution in [0.3, 0.4) is 0 Å². The summed E-state index contributed by atoms with van der Waals surface area (Å²) in [6, 6.07) is 23.9. The highest BCUT2D eigenvalue weighted by Crippen LogP contribution is 2.26. The van der Waals surface area contributed by atoms with Crippen molar-refractivity contribution < 1.29 is 36.2 Å². The average Bonchev–Trinajstić information content (AvgIpc) is 2.96. The van der Waals surface area contributed by atoms with Gasteiger partial charge in [-0.15, -0.1) is 0 Å². The first-order chi connectivity index (χ1) is 19.2. The second kappa shape index (κ2) is 12.9. The molecule has 210 valence electrons. The van der Waals surface area contributed by atoms with E-state index in [-0.39, 0.29) is 38.5 Å². The summed E-state index contributed by atoms with van der Waals surface area (Å²) in [5, 5.41) is 9.38. The summed E-state index contributed by atoms with van der Waals surface area (Å²) in [6.07, 6.45) is 1.95. The molecule has 0 aromatic heterocycles. The predicted octanol–water partition coefficient (Wildman–Crippen LogP) is 5.69. The third kappa shape index (κ3) is 7.13. The first kappa shape index (κ1) is 29.0. The monoisotopic (exact) mass is 582 g/mol. The normalized spacial score (nSPS) is 11.6. The Morgan fingerprint density at radius 2 is 0.800 bits per heavy atom. The Morgan fingerprint density at radius 1 is 0.500 bits per heavy atom. The number of rotatable bonds is 13. The molecular weight excluding hydrogens is 552 g/mol. The molecule has 0 unspecified atom stereocenters. The minimum Gasteiger partial charge on any atom is -0.508 e. The lowest BCUT2D eigenvalue weighted by Crippen LogP contribution is -2.09. The van der Waals surface area contributed by atoms with Crippen LogP contribution in [-0.2, 0) is 19.7 Å². The van der Waals surface area contributed by atoms with Gasteiger partial charge in [0, 0.05) is 0 Å². The topological polar surface area (TPSA) is 116 Å². The van der Waals surface area contributed by atoms with Crippen molar-refractivity contribution in [3.63, 3.8) is 0 Å². The number of hydrogen-bond acceptors (Lipinski definition) is 8. The van der Waals surface area contributed by atoms with Crippen LogP contribution in [0.15, 0.2) is 117 Å². The molecule has 10 heteroatoms. The molecule has 0 saturated carbocycles. The van der Waals surface area contributed by atoms with Gasteiger partial charge in [-0.2, -0.15) is 0 Å². The van der Waals surface area contributed by atoms with Gasteiger partial charge >= 0.3 is 0 Å². The molecule has 4 aromatic carbocycles. The summed E-state index contributed by atoms with van der Waals surface area (Å²) in [7, 11) is -7.39. The Labute approximate surface area is 234 Å². The van der Waals surface area contributed by atoms with Crippen LogP contribution < -0.4 is 14.2 Å². The maximum absolute atomic E-state index is 13.0. The maximum atomic E-state index is 13.0. The zero-order valence-corrected chi connectivity index (χ0v) is 23.5. The van der Waals surface area contributed by atoms with Crippen molar-refractivity contribution in [3.05, 3.63) is 97.1 Å². The summed E-state index contributed by atoms with van der Waals surface area (Å²) in [6.45, 7) is 3.05. The van der Waals surface area contributed by atoms with E-state index in [0.717, 1.165) is 12.8 Å². The highest BCUT2D eigenvalue weighted by atomic mass is 32.2. The maximum Gasteiger partial charge on any atom is 0.206 e. The minimum absolute atomic E-state index is 0.0135. The molecule has 0 spiro atoms. The van der Waals surface area contributed by atoms with Gasteiger partial charge in [0.05, 0.1) is 26.2 Å². The van der Waals surface area contributed by atoms with E-state index in [9.17, 15) is 21.9 Å². The summed E-state index contributed by atoms with van der Waals surface area (Å²) in [5.74, 6) is 1.57. The van der Waals surface area contributed by atoms with Gasteiger partial charge in [0.25, 0.3) is 0 Å². The van der Waals surface area contributed by atoms with Crippen LogP contribution in [0.1, 0.15) is 19.8 Å². The lowest BCUT2D eigenvalue weighted by molar-refractivity contribution is 0.217. The largest absolute Gasteiger partial charge is 0.508 e. The van der Waals surface area contributed by atoms with E-state index in [2.05, 4.69) is 6.92 Å². The van der Waals surface area contributed by atoms with Crippen molar-refractivity contribution >= 4 is 19.7 Å². The van der Waals surface area contributed by atoms with Gasteiger partial charge in [-0.3, -0.25) is 0 Å². The van der Waals surface area contributed by atoms with Crippen LogP contribution in [0.2, 0.25) is 0 Å². The highest BCUT2D eigenvalue weighted by molar-refractivity contribution is 7.91. The number of sulfone groups is 2. The first-order valence-corrected chi connectivity index (χ1v) is 15.6. The number of benzene rings is 4. The summed E-state index contributed by atoms with van der Waals surface area (Å²) in [5.41, 5.74) is 0.